The molecule has 1 aromatic carbocycles. The molecule has 13 heteroatoms. The van der Waals surface area contributed by atoms with Crippen molar-refractivity contribution in [3.05, 3.63) is 64.6 Å². The Labute approximate surface area is 218 Å². The molecule has 3 rings (SSSR count). The molecule has 6 nitrogen and oxygen atoms in total. The van der Waals surface area contributed by atoms with Crippen LogP contribution in [0.5, 0.6) is 5.75 Å². The van der Waals surface area contributed by atoms with E-state index in [0.717, 1.165) is 0 Å². The van der Waals surface area contributed by atoms with Crippen molar-refractivity contribution in [1.82, 2.24) is 15.1 Å². The zero-order valence-electron chi connectivity index (χ0n) is 16.2. The summed E-state index contributed by atoms with van der Waals surface area (Å²) in [6, 6.07) is 3.11. The SMILES string of the molecule is Cc1nn(CCCNC(=O)c2ccc(COc3c(Cl)c(Cl)c(Cl)c(Cl)c3Cl)o2)c(Cl)c1Cl. The molecule has 0 aliphatic heterocycles. The van der Waals surface area contributed by atoms with Crippen LogP contribution in [-0.2, 0) is 13.2 Å². The van der Waals surface area contributed by atoms with Gasteiger partial charge in [0.2, 0.25) is 0 Å². The van der Waals surface area contributed by atoms with Crippen LogP contribution < -0.4 is 10.1 Å². The summed E-state index contributed by atoms with van der Waals surface area (Å²) in [6.45, 7) is 2.57. The van der Waals surface area contributed by atoms with E-state index in [1.165, 1.54) is 6.07 Å². The number of halogens is 7. The Bertz CT molecular complexity index is 1130. The molecule has 32 heavy (non-hydrogen) atoms. The first-order chi connectivity index (χ1) is 15.1. The van der Waals surface area contributed by atoms with Gasteiger partial charge in [-0.2, -0.15) is 5.10 Å². The lowest BCUT2D eigenvalue weighted by Gasteiger charge is -2.12. The highest BCUT2D eigenvalue weighted by Crippen LogP contribution is 2.48. The maximum Gasteiger partial charge on any atom is 0.286 e. The number of furan rings is 1. The van der Waals surface area contributed by atoms with Crippen molar-refractivity contribution in [2.24, 2.45) is 0 Å². The maximum absolute atomic E-state index is 12.3. The van der Waals surface area contributed by atoms with Crippen molar-refractivity contribution in [2.75, 3.05) is 6.54 Å². The van der Waals surface area contributed by atoms with Gasteiger partial charge in [0.1, 0.15) is 32.6 Å². The number of aromatic nitrogens is 2. The van der Waals surface area contributed by atoms with Crippen LogP contribution in [0, 0.1) is 6.92 Å². The summed E-state index contributed by atoms with van der Waals surface area (Å²) in [5.41, 5.74) is 0.650. The molecule has 0 unspecified atom stereocenters. The zero-order valence-corrected chi connectivity index (χ0v) is 21.5. The number of carbonyl (C=O) groups is 1. The van der Waals surface area contributed by atoms with Crippen molar-refractivity contribution in [3.63, 3.8) is 0 Å². The van der Waals surface area contributed by atoms with E-state index in [1.54, 1.807) is 17.7 Å². The molecule has 0 fully saturated rings. The molecule has 172 valence electrons. The quantitative estimate of drug-likeness (QED) is 0.168. The van der Waals surface area contributed by atoms with Gasteiger partial charge < -0.3 is 14.5 Å². The summed E-state index contributed by atoms with van der Waals surface area (Å²) in [4.78, 5) is 12.3. The van der Waals surface area contributed by atoms with Crippen LogP contribution in [-0.4, -0.2) is 22.2 Å². The number of carbonyl (C=O) groups excluding carboxylic acids is 1. The van der Waals surface area contributed by atoms with E-state index in [-0.39, 0.29) is 49.1 Å². The zero-order chi connectivity index (χ0) is 23.6. The minimum absolute atomic E-state index is 0.0179. The van der Waals surface area contributed by atoms with E-state index in [1.807, 2.05) is 0 Å². The summed E-state index contributed by atoms with van der Waals surface area (Å²) in [7, 11) is 0. The maximum atomic E-state index is 12.3. The highest BCUT2D eigenvalue weighted by atomic mass is 35.5. The first-order valence-corrected chi connectivity index (χ1v) is 11.7. The normalized spacial score (nSPS) is 11.1. The van der Waals surface area contributed by atoms with Crippen LogP contribution in [0.25, 0.3) is 0 Å². The van der Waals surface area contributed by atoms with Crippen LogP contribution in [0.2, 0.25) is 35.3 Å². The number of nitrogens with zero attached hydrogens (tertiary/aromatic N) is 2. The standard InChI is InChI=1S/C19H14Cl7N3O3/c1-8-11(20)18(26)29(28-8)6-2-5-27-19(30)10-4-3-9(32-10)7-31-17-15(24)13(22)12(21)14(23)16(17)25/h3-4H,2,5-7H2,1H3,(H,27,30). The fraction of sp³-hybridized carbons (Fsp3) is 0.263. The third-order valence-corrected chi connectivity index (χ3v) is 7.42. The van der Waals surface area contributed by atoms with Crippen LogP contribution >= 0.6 is 81.2 Å². The van der Waals surface area contributed by atoms with E-state index >= 15 is 0 Å². The molecule has 2 aromatic heterocycles. The predicted octanol–water partition coefficient (Wildman–Crippen LogP) is 7.76. The van der Waals surface area contributed by atoms with E-state index in [4.69, 9.17) is 90.4 Å². The van der Waals surface area contributed by atoms with Crippen molar-refractivity contribution in [3.8, 4) is 5.75 Å². The van der Waals surface area contributed by atoms with Crippen molar-refractivity contribution < 1.29 is 13.9 Å². The number of hydrogen-bond acceptors (Lipinski definition) is 4. The van der Waals surface area contributed by atoms with E-state index in [0.29, 0.717) is 41.1 Å². The highest BCUT2D eigenvalue weighted by Gasteiger charge is 2.21. The molecule has 0 radical (unpaired) electrons. The van der Waals surface area contributed by atoms with Crippen LogP contribution in [0.15, 0.2) is 16.5 Å². The van der Waals surface area contributed by atoms with Gasteiger partial charge >= 0.3 is 0 Å². The molecule has 0 aliphatic carbocycles. The molecule has 0 saturated carbocycles. The molecule has 0 aliphatic rings. The summed E-state index contributed by atoms with van der Waals surface area (Å²) < 4.78 is 12.7. The van der Waals surface area contributed by atoms with Gasteiger partial charge in [0.15, 0.2) is 11.5 Å². The van der Waals surface area contributed by atoms with Crippen LogP contribution in [0.1, 0.15) is 28.4 Å². The first-order valence-electron chi connectivity index (χ1n) is 9.01. The smallest absolute Gasteiger partial charge is 0.286 e. The highest BCUT2D eigenvalue weighted by molar-refractivity contribution is 6.55. The summed E-state index contributed by atoms with van der Waals surface area (Å²) in [6.07, 6.45) is 0.592. The third kappa shape index (κ3) is 5.55. The average molecular weight is 581 g/mol. The molecule has 0 spiro atoms. The van der Waals surface area contributed by atoms with Gasteiger partial charge in [-0.1, -0.05) is 81.2 Å². The minimum atomic E-state index is -0.384. The van der Waals surface area contributed by atoms with Crippen molar-refractivity contribution >= 4 is 87.1 Å². The molecule has 3 aromatic rings. The summed E-state index contributed by atoms with van der Waals surface area (Å²) in [5.74, 6) is 0.148. The Morgan fingerprint density at radius 2 is 1.62 bits per heavy atom. The molecule has 0 atom stereocenters. The molecular weight excluding hydrogens is 566 g/mol. The fourth-order valence-electron chi connectivity index (χ4n) is 2.63. The molecule has 0 saturated heterocycles. The predicted molar refractivity (Wildman–Crippen MR) is 128 cm³/mol. The number of nitrogens with one attached hydrogen (secondary N) is 1. The van der Waals surface area contributed by atoms with E-state index < -0.39 is 0 Å². The Balaban J connectivity index is 1.53. The Hall–Kier alpha value is -0.990. The van der Waals surface area contributed by atoms with Crippen LogP contribution in [0.4, 0.5) is 0 Å². The topological polar surface area (TPSA) is 69.3 Å². The molecule has 0 bridgehead atoms. The average Bonchev–Trinajstić information content (AvgIpc) is 3.34. The Kier molecular flexibility index (Phi) is 8.78. The van der Waals surface area contributed by atoms with Gasteiger partial charge in [-0.25, -0.2) is 0 Å². The minimum Gasteiger partial charge on any atom is -0.482 e. The monoisotopic (exact) mass is 577 g/mol. The number of ether oxygens (including phenoxy) is 1. The lowest BCUT2D eigenvalue weighted by Crippen LogP contribution is -2.25. The summed E-state index contributed by atoms with van der Waals surface area (Å²) in [5, 5.41) is 7.88. The second-order valence-electron chi connectivity index (χ2n) is 6.48. The van der Waals surface area contributed by atoms with Crippen LogP contribution in [0.3, 0.4) is 0 Å². The van der Waals surface area contributed by atoms with Crippen molar-refractivity contribution in [1.29, 1.82) is 0 Å². The van der Waals surface area contributed by atoms with Gasteiger partial charge in [-0.05, 0) is 25.5 Å². The Morgan fingerprint density at radius 1 is 1.00 bits per heavy atom. The number of hydrogen-bond donors (Lipinski definition) is 1. The van der Waals surface area contributed by atoms with Gasteiger partial charge in [0, 0.05) is 13.1 Å². The van der Waals surface area contributed by atoms with Gasteiger partial charge in [-0.3, -0.25) is 9.48 Å². The third-order valence-electron chi connectivity index (χ3n) is 4.24. The first kappa shape index (κ1) is 25.6. The molecule has 1 N–H and O–H groups in total. The largest absolute Gasteiger partial charge is 0.482 e. The molecule has 2 heterocycles. The molecular formula is C19H14Cl7N3O3. The number of amides is 1. The molecule has 1 amide bonds. The fourth-order valence-corrected chi connectivity index (χ4v) is 4.25. The lowest BCUT2D eigenvalue weighted by atomic mass is 10.3. The van der Waals surface area contributed by atoms with Crippen molar-refractivity contribution in [2.45, 2.75) is 26.5 Å². The number of aryl methyl sites for hydroxylation is 2. The second kappa shape index (κ2) is 11.0. The number of benzene rings is 1. The van der Waals surface area contributed by atoms with Gasteiger partial charge in [0.05, 0.1) is 20.8 Å². The second-order valence-corrected chi connectivity index (χ2v) is 9.10. The summed E-state index contributed by atoms with van der Waals surface area (Å²) >= 11 is 42.4. The van der Waals surface area contributed by atoms with E-state index in [2.05, 4.69) is 10.4 Å². The van der Waals surface area contributed by atoms with Gasteiger partial charge in [-0.15, -0.1) is 0 Å². The van der Waals surface area contributed by atoms with Gasteiger partial charge in [0.25, 0.3) is 5.91 Å². The lowest BCUT2D eigenvalue weighted by molar-refractivity contribution is 0.0921. The van der Waals surface area contributed by atoms with E-state index in [9.17, 15) is 4.79 Å². The Morgan fingerprint density at radius 3 is 2.22 bits per heavy atom. The number of rotatable bonds is 8.